The van der Waals surface area contributed by atoms with Crippen LogP contribution in [0.15, 0.2) is 42.6 Å². The predicted octanol–water partition coefficient (Wildman–Crippen LogP) is 6.61. The maximum Gasteiger partial charge on any atom is 0.161 e. The van der Waals surface area contributed by atoms with Crippen LogP contribution in [0, 0.1) is 23.4 Å². The molecular formula is C24H22F3N3. The van der Waals surface area contributed by atoms with Gasteiger partial charge in [0.2, 0.25) is 0 Å². The van der Waals surface area contributed by atoms with Crippen LogP contribution >= 0.6 is 0 Å². The number of aromatic nitrogens is 3. The lowest BCUT2D eigenvalue weighted by molar-refractivity contribution is 0.286. The van der Waals surface area contributed by atoms with Crippen LogP contribution < -0.4 is 0 Å². The van der Waals surface area contributed by atoms with Gasteiger partial charge in [-0.3, -0.25) is 4.98 Å². The number of halogens is 3. The highest BCUT2D eigenvalue weighted by molar-refractivity contribution is 5.82. The van der Waals surface area contributed by atoms with Gasteiger partial charge >= 0.3 is 0 Å². The van der Waals surface area contributed by atoms with Gasteiger partial charge in [-0.25, -0.2) is 18.2 Å². The van der Waals surface area contributed by atoms with Crippen molar-refractivity contribution in [2.75, 3.05) is 0 Å². The van der Waals surface area contributed by atoms with Crippen molar-refractivity contribution in [3.8, 4) is 0 Å². The Morgan fingerprint density at radius 1 is 0.933 bits per heavy atom. The minimum atomic E-state index is -0.880. The molecular weight excluding hydrogens is 387 g/mol. The lowest BCUT2D eigenvalue weighted by atomic mass is 9.73. The van der Waals surface area contributed by atoms with Crippen LogP contribution in [0.5, 0.6) is 0 Å². The van der Waals surface area contributed by atoms with Gasteiger partial charge in [-0.05, 0) is 67.3 Å². The maximum atomic E-state index is 13.8. The molecule has 4 aromatic rings. The monoisotopic (exact) mass is 409 g/mol. The van der Waals surface area contributed by atoms with Crippen LogP contribution in [0.3, 0.4) is 0 Å². The van der Waals surface area contributed by atoms with Gasteiger partial charge in [-0.2, -0.15) is 0 Å². The first-order valence-corrected chi connectivity index (χ1v) is 10.4. The summed E-state index contributed by atoms with van der Waals surface area (Å²) < 4.78 is 40.8. The van der Waals surface area contributed by atoms with E-state index in [9.17, 15) is 13.2 Å². The van der Waals surface area contributed by atoms with E-state index in [4.69, 9.17) is 0 Å². The van der Waals surface area contributed by atoms with Crippen molar-refractivity contribution in [3.05, 3.63) is 71.4 Å². The Labute approximate surface area is 172 Å². The molecule has 0 radical (unpaired) electrons. The SMILES string of the molecule is CC(c1nc2cc(F)c(F)cc2[nH]1)[C@H]1CC[C@@H](c2ccnc3ccc(F)cc32)CC1. The molecule has 1 aliphatic rings. The molecule has 1 N–H and O–H groups in total. The second kappa shape index (κ2) is 7.42. The van der Waals surface area contributed by atoms with Crippen molar-refractivity contribution in [2.45, 2.75) is 44.4 Å². The molecule has 2 aromatic carbocycles. The molecule has 3 nitrogen and oxygen atoms in total. The Hall–Kier alpha value is -2.89. The maximum absolute atomic E-state index is 13.8. The molecule has 6 heteroatoms. The Kier molecular flexibility index (Phi) is 4.72. The number of benzene rings is 2. The zero-order valence-electron chi connectivity index (χ0n) is 16.6. The second-order valence-electron chi connectivity index (χ2n) is 8.37. The minimum Gasteiger partial charge on any atom is -0.342 e. The number of H-pyrrole nitrogens is 1. The van der Waals surface area contributed by atoms with E-state index in [1.54, 1.807) is 18.3 Å². The number of pyridine rings is 1. The highest BCUT2D eigenvalue weighted by Crippen LogP contribution is 2.43. The molecule has 5 rings (SSSR count). The third-order valence-electron chi connectivity index (χ3n) is 6.63. The van der Waals surface area contributed by atoms with E-state index in [0.29, 0.717) is 22.9 Å². The number of nitrogens with one attached hydrogen (secondary N) is 1. The molecule has 0 amide bonds. The summed E-state index contributed by atoms with van der Waals surface area (Å²) in [6, 6.07) is 9.08. The lowest BCUT2D eigenvalue weighted by Gasteiger charge is -2.32. The third kappa shape index (κ3) is 3.34. The normalized spacial score (nSPS) is 20.7. The van der Waals surface area contributed by atoms with Gasteiger partial charge in [-0.15, -0.1) is 0 Å². The summed E-state index contributed by atoms with van der Waals surface area (Å²) >= 11 is 0. The Balaban J connectivity index is 1.34. The van der Waals surface area contributed by atoms with Crippen molar-refractivity contribution >= 4 is 21.9 Å². The molecule has 1 fully saturated rings. The Bertz CT molecular complexity index is 1190. The van der Waals surface area contributed by atoms with Crippen LogP contribution in [0.25, 0.3) is 21.9 Å². The number of aromatic amines is 1. The van der Waals surface area contributed by atoms with Crippen LogP contribution in [0.4, 0.5) is 13.2 Å². The largest absolute Gasteiger partial charge is 0.342 e. The zero-order valence-corrected chi connectivity index (χ0v) is 16.6. The molecule has 154 valence electrons. The van der Waals surface area contributed by atoms with Crippen molar-refractivity contribution in [1.82, 2.24) is 15.0 Å². The molecule has 2 aromatic heterocycles. The first-order valence-electron chi connectivity index (χ1n) is 10.4. The molecule has 1 saturated carbocycles. The topological polar surface area (TPSA) is 41.6 Å². The van der Waals surface area contributed by atoms with Gasteiger partial charge in [0.15, 0.2) is 11.6 Å². The molecule has 0 spiro atoms. The standard InChI is InChI=1S/C24H22F3N3/c1-13(24-29-22-11-19(26)20(27)12-23(22)30-24)14-2-4-15(5-3-14)17-8-9-28-21-7-6-16(25)10-18(17)21/h6-15H,2-5H2,1H3,(H,29,30)/t13?,14-,15+. The molecule has 0 saturated heterocycles. The fourth-order valence-electron chi connectivity index (χ4n) is 4.89. The molecule has 1 aliphatic carbocycles. The van der Waals surface area contributed by atoms with Crippen LogP contribution in [-0.2, 0) is 0 Å². The van der Waals surface area contributed by atoms with Crippen molar-refractivity contribution in [3.63, 3.8) is 0 Å². The van der Waals surface area contributed by atoms with Crippen molar-refractivity contribution in [2.24, 2.45) is 5.92 Å². The number of hydrogen-bond acceptors (Lipinski definition) is 2. The summed E-state index contributed by atoms with van der Waals surface area (Å²) in [5, 5.41) is 0.898. The quantitative estimate of drug-likeness (QED) is 0.414. The third-order valence-corrected chi connectivity index (χ3v) is 6.63. The molecule has 0 aliphatic heterocycles. The lowest BCUT2D eigenvalue weighted by Crippen LogP contribution is -2.19. The summed E-state index contributed by atoms with van der Waals surface area (Å²) in [6.07, 6.45) is 5.86. The van der Waals surface area contributed by atoms with Gasteiger partial charge in [0, 0.05) is 29.6 Å². The molecule has 2 heterocycles. The summed E-state index contributed by atoms with van der Waals surface area (Å²) in [5.74, 6) is -0.245. The highest BCUT2D eigenvalue weighted by atomic mass is 19.2. The number of rotatable bonds is 3. The summed E-state index contributed by atoms with van der Waals surface area (Å²) in [5.41, 5.74) is 2.97. The van der Waals surface area contributed by atoms with Crippen molar-refractivity contribution in [1.29, 1.82) is 0 Å². The molecule has 1 unspecified atom stereocenters. The van der Waals surface area contributed by atoms with E-state index in [1.807, 2.05) is 6.07 Å². The Morgan fingerprint density at radius 2 is 1.70 bits per heavy atom. The first-order chi connectivity index (χ1) is 14.5. The smallest absolute Gasteiger partial charge is 0.161 e. The van der Waals surface area contributed by atoms with E-state index in [0.717, 1.165) is 48.5 Å². The van der Waals surface area contributed by atoms with Gasteiger partial charge in [0.25, 0.3) is 0 Å². The van der Waals surface area contributed by atoms with Crippen LogP contribution in [0.2, 0.25) is 0 Å². The van der Waals surface area contributed by atoms with E-state index in [-0.39, 0.29) is 11.7 Å². The molecule has 30 heavy (non-hydrogen) atoms. The molecule has 0 bridgehead atoms. The summed E-state index contributed by atoms with van der Waals surface area (Å²) in [6.45, 7) is 2.12. The van der Waals surface area contributed by atoms with Crippen LogP contribution in [-0.4, -0.2) is 15.0 Å². The predicted molar refractivity (Wildman–Crippen MR) is 111 cm³/mol. The van der Waals surface area contributed by atoms with E-state index < -0.39 is 11.6 Å². The molecule has 1 atom stereocenters. The zero-order chi connectivity index (χ0) is 20.8. The number of fused-ring (bicyclic) bond motifs is 2. The number of imidazole rings is 1. The minimum absolute atomic E-state index is 0.163. The van der Waals surface area contributed by atoms with Gasteiger partial charge in [-0.1, -0.05) is 6.92 Å². The van der Waals surface area contributed by atoms with E-state index >= 15 is 0 Å². The average Bonchev–Trinajstić information content (AvgIpc) is 3.16. The summed E-state index contributed by atoms with van der Waals surface area (Å²) in [4.78, 5) is 12.0. The fourth-order valence-corrected chi connectivity index (χ4v) is 4.89. The van der Waals surface area contributed by atoms with Gasteiger partial charge in [0.05, 0.1) is 16.6 Å². The second-order valence-corrected chi connectivity index (χ2v) is 8.37. The van der Waals surface area contributed by atoms with Crippen LogP contribution in [0.1, 0.15) is 55.8 Å². The summed E-state index contributed by atoms with van der Waals surface area (Å²) in [7, 11) is 0. The fraction of sp³-hybridized carbons (Fsp3) is 0.333. The number of nitrogens with zero attached hydrogens (tertiary/aromatic N) is 2. The Morgan fingerprint density at radius 3 is 2.50 bits per heavy atom. The first kappa shape index (κ1) is 19.1. The van der Waals surface area contributed by atoms with Gasteiger partial charge in [0.1, 0.15) is 11.6 Å². The average molecular weight is 409 g/mol. The van der Waals surface area contributed by atoms with E-state index in [1.165, 1.54) is 17.7 Å². The van der Waals surface area contributed by atoms with Crippen molar-refractivity contribution < 1.29 is 13.2 Å². The van der Waals surface area contributed by atoms with E-state index in [2.05, 4.69) is 21.9 Å². The highest BCUT2D eigenvalue weighted by Gasteiger charge is 2.29. The van der Waals surface area contributed by atoms with Gasteiger partial charge < -0.3 is 4.98 Å². The number of hydrogen-bond donors (Lipinski definition) is 1.